The van der Waals surface area contributed by atoms with E-state index in [1.165, 1.54) is 24.5 Å². The van der Waals surface area contributed by atoms with E-state index in [0.717, 1.165) is 16.1 Å². The van der Waals surface area contributed by atoms with E-state index in [0.29, 0.717) is 16.4 Å². The van der Waals surface area contributed by atoms with Crippen LogP contribution in [0.25, 0.3) is 16.6 Å². The molecule has 28 heavy (non-hydrogen) atoms. The molecule has 0 bridgehead atoms. The molecule has 0 radical (unpaired) electrons. The Bertz CT molecular complexity index is 1200. The van der Waals surface area contributed by atoms with Gasteiger partial charge in [0, 0.05) is 11.8 Å². The lowest BCUT2D eigenvalue weighted by Gasteiger charge is -2.14. The molecule has 0 aliphatic rings. The number of aromatic nitrogens is 4. The molecule has 0 fully saturated rings. The number of amides is 1. The van der Waals surface area contributed by atoms with Crippen molar-refractivity contribution in [3.05, 3.63) is 58.6 Å². The molecule has 0 unspecified atom stereocenters. The largest absolute Gasteiger partial charge is 0.496 e. The third kappa shape index (κ3) is 3.09. The average Bonchev–Trinajstić information content (AvgIpc) is 3.25. The van der Waals surface area contributed by atoms with Gasteiger partial charge in [-0.1, -0.05) is 17.4 Å². The first-order valence-corrected chi connectivity index (χ1v) is 9.22. The van der Waals surface area contributed by atoms with E-state index in [2.05, 4.69) is 20.6 Å². The van der Waals surface area contributed by atoms with Gasteiger partial charge in [0.05, 0.1) is 30.0 Å². The maximum absolute atomic E-state index is 14.7. The van der Waals surface area contributed by atoms with Crippen LogP contribution < -0.4 is 10.1 Å². The quantitative estimate of drug-likeness (QED) is 0.565. The summed E-state index contributed by atoms with van der Waals surface area (Å²) in [6, 6.07) is 6.21. The molecule has 0 saturated heterocycles. The van der Waals surface area contributed by atoms with Gasteiger partial charge < -0.3 is 4.74 Å². The van der Waals surface area contributed by atoms with Gasteiger partial charge in [0.1, 0.15) is 16.6 Å². The van der Waals surface area contributed by atoms with Crippen LogP contribution in [0, 0.1) is 19.7 Å². The van der Waals surface area contributed by atoms with Gasteiger partial charge in [0.25, 0.3) is 5.91 Å². The van der Waals surface area contributed by atoms with Crippen LogP contribution in [0.2, 0.25) is 0 Å². The molecule has 9 heteroatoms. The molecule has 3 heterocycles. The number of carbonyl (C=O) groups excluding carboxylic acids is 1. The Balaban J connectivity index is 1.92. The fourth-order valence-corrected chi connectivity index (χ4v) is 3.57. The number of hydrogen-bond donors (Lipinski definition) is 1. The predicted molar refractivity (Wildman–Crippen MR) is 104 cm³/mol. The molecule has 142 valence electrons. The first-order chi connectivity index (χ1) is 13.5. The van der Waals surface area contributed by atoms with Crippen LogP contribution in [0.15, 0.2) is 36.7 Å². The smallest absolute Gasteiger partial charge is 0.258 e. The highest BCUT2D eigenvalue weighted by Gasteiger charge is 2.22. The minimum atomic E-state index is -0.497. The normalized spacial score (nSPS) is 11.0. The summed E-state index contributed by atoms with van der Waals surface area (Å²) in [6.45, 7) is 3.69. The Labute approximate surface area is 163 Å². The third-order valence-corrected chi connectivity index (χ3v) is 5.06. The molecule has 0 aliphatic carbocycles. The molecule has 7 nitrogen and oxygen atoms in total. The van der Waals surface area contributed by atoms with Crippen molar-refractivity contribution in [3.8, 4) is 16.9 Å². The predicted octanol–water partition coefficient (Wildman–Crippen LogP) is 3.87. The maximum Gasteiger partial charge on any atom is 0.258 e. The van der Waals surface area contributed by atoms with E-state index in [1.54, 1.807) is 42.0 Å². The second-order valence-corrected chi connectivity index (χ2v) is 7.34. The molecule has 3 aromatic heterocycles. The summed E-state index contributed by atoms with van der Waals surface area (Å²) in [7, 11) is 1.46. The van der Waals surface area contributed by atoms with Crippen LogP contribution in [0.1, 0.15) is 20.9 Å². The van der Waals surface area contributed by atoms with Crippen molar-refractivity contribution in [1.82, 2.24) is 19.8 Å². The third-order valence-electron chi connectivity index (χ3n) is 4.30. The topological polar surface area (TPSA) is 81.4 Å². The molecule has 1 aromatic carbocycles. The van der Waals surface area contributed by atoms with Crippen molar-refractivity contribution in [2.45, 2.75) is 13.8 Å². The first kappa shape index (κ1) is 18.1. The minimum Gasteiger partial charge on any atom is -0.496 e. The number of nitrogens with zero attached hydrogens (tertiary/aromatic N) is 4. The highest BCUT2D eigenvalue weighted by Crippen LogP contribution is 2.36. The standard InChI is InChI=1S/C19H16FN5O2S/c1-10-8-21-25-9-13(17-14(20)5-4-6-16(17)27-3)12(7-15(10)25)18(26)22-19-24-23-11(2)28-19/h4-9H,1-3H3,(H,22,24,26). The van der Waals surface area contributed by atoms with Gasteiger partial charge in [-0.15, -0.1) is 10.2 Å². The van der Waals surface area contributed by atoms with Gasteiger partial charge >= 0.3 is 0 Å². The van der Waals surface area contributed by atoms with Crippen LogP contribution in [0.5, 0.6) is 5.75 Å². The summed E-state index contributed by atoms with van der Waals surface area (Å²) in [6.07, 6.45) is 3.32. The Kier molecular flexibility index (Phi) is 4.52. The molecule has 4 rings (SSSR count). The summed E-state index contributed by atoms with van der Waals surface area (Å²) < 4.78 is 21.7. The van der Waals surface area contributed by atoms with Gasteiger partial charge in [-0.2, -0.15) is 5.10 Å². The fourth-order valence-electron chi connectivity index (χ4n) is 2.98. The number of carbonyl (C=O) groups is 1. The lowest BCUT2D eigenvalue weighted by Crippen LogP contribution is -2.14. The van der Waals surface area contributed by atoms with E-state index in [9.17, 15) is 9.18 Å². The van der Waals surface area contributed by atoms with Crippen LogP contribution in [-0.4, -0.2) is 32.8 Å². The SMILES string of the molecule is COc1cccc(F)c1-c1cn2ncc(C)c2cc1C(=O)Nc1nnc(C)s1. The Morgan fingerprint density at radius 1 is 1.29 bits per heavy atom. The van der Waals surface area contributed by atoms with Crippen molar-refractivity contribution in [3.63, 3.8) is 0 Å². The minimum absolute atomic E-state index is 0.193. The van der Waals surface area contributed by atoms with Crippen LogP contribution in [0.3, 0.4) is 0 Å². The Morgan fingerprint density at radius 2 is 2.11 bits per heavy atom. The van der Waals surface area contributed by atoms with Crippen molar-refractivity contribution in [2.24, 2.45) is 0 Å². The number of pyridine rings is 1. The van der Waals surface area contributed by atoms with Crippen molar-refractivity contribution < 1.29 is 13.9 Å². The molecule has 1 N–H and O–H groups in total. The van der Waals surface area contributed by atoms with Gasteiger partial charge in [-0.3, -0.25) is 10.1 Å². The number of benzene rings is 1. The van der Waals surface area contributed by atoms with E-state index in [1.807, 2.05) is 6.92 Å². The fraction of sp³-hybridized carbons (Fsp3) is 0.158. The number of rotatable bonds is 4. The number of ether oxygens (including phenoxy) is 1. The van der Waals surface area contributed by atoms with Crippen molar-refractivity contribution >= 4 is 27.9 Å². The number of halogens is 1. The lowest BCUT2D eigenvalue weighted by molar-refractivity contribution is 0.102. The second kappa shape index (κ2) is 7.01. The van der Waals surface area contributed by atoms with E-state index in [-0.39, 0.29) is 11.1 Å². The highest BCUT2D eigenvalue weighted by atomic mass is 32.1. The molecule has 0 atom stereocenters. The summed E-state index contributed by atoms with van der Waals surface area (Å²) in [5.41, 5.74) is 2.49. The Morgan fingerprint density at radius 3 is 2.82 bits per heavy atom. The molecule has 0 saturated carbocycles. The zero-order valence-corrected chi connectivity index (χ0v) is 16.2. The average molecular weight is 397 g/mol. The molecule has 0 spiro atoms. The highest BCUT2D eigenvalue weighted by molar-refractivity contribution is 7.15. The Hall–Kier alpha value is -3.33. The molecule has 1 amide bonds. The van der Waals surface area contributed by atoms with Gasteiger partial charge in [-0.25, -0.2) is 8.91 Å². The van der Waals surface area contributed by atoms with E-state index < -0.39 is 11.7 Å². The zero-order chi connectivity index (χ0) is 19.8. The van der Waals surface area contributed by atoms with E-state index in [4.69, 9.17) is 4.74 Å². The molecular formula is C19H16FN5O2S. The molecule has 0 aliphatic heterocycles. The summed E-state index contributed by atoms with van der Waals surface area (Å²) in [5.74, 6) is -0.591. The number of methoxy groups -OCH3 is 1. The number of fused-ring (bicyclic) bond motifs is 1. The molecule has 4 aromatic rings. The van der Waals surface area contributed by atoms with Crippen molar-refractivity contribution in [1.29, 1.82) is 0 Å². The number of nitrogens with one attached hydrogen (secondary N) is 1. The van der Waals surface area contributed by atoms with Crippen LogP contribution in [-0.2, 0) is 0 Å². The number of anilines is 1. The van der Waals surface area contributed by atoms with E-state index >= 15 is 0 Å². The first-order valence-electron chi connectivity index (χ1n) is 8.40. The van der Waals surface area contributed by atoms with Crippen LogP contribution >= 0.6 is 11.3 Å². The van der Waals surface area contributed by atoms with Gasteiger partial charge in [-0.05, 0) is 37.6 Å². The summed E-state index contributed by atoms with van der Waals surface area (Å²) in [4.78, 5) is 13.0. The zero-order valence-electron chi connectivity index (χ0n) is 15.4. The van der Waals surface area contributed by atoms with Crippen molar-refractivity contribution in [2.75, 3.05) is 12.4 Å². The summed E-state index contributed by atoms with van der Waals surface area (Å²) in [5, 5.41) is 15.9. The monoisotopic (exact) mass is 397 g/mol. The molecular weight excluding hydrogens is 381 g/mol. The summed E-state index contributed by atoms with van der Waals surface area (Å²) >= 11 is 1.26. The van der Waals surface area contributed by atoms with Gasteiger partial charge in [0.15, 0.2) is 0 Å². The lowest BCUT2D eigenvalue weighted by atomic mass is 9.99. The van der Waals surface area contributed by atoms with Gasteiger partial charge in [0.2, 0.25) is 5.13 Å². The number of hydrogen-bond acceptors (Lipinski definition) is 6. The maximum atomic E-state index is 14.7. The van der Waals surface area contributed by atoms with Crippen LogP contribution in [0.4, 0.5) is 9.52 Å². The second-order valence-electron chi connectivity index (χ2n) is 6.16. The number of aryl methyl sites for hydroxylation is 2.